The number of piperazine rings is 1. The average Bonchev–Trinajstić information content (AvgIpc) is 2.28. The third-order valence-corrected chi connectivity index (χ3v) is 2.87. The van der Waals surface area contributed by atoms with Crippen LogP contribution in [0.2, 0.25) is 0 Å². The molecule has 3 nitrogen and oxygen atoms in total. The van der Waals surface area contributed by atoms with E-state index in [2.05, 4.69) is 19.2 Å². The maximum absolute atomic E-state index is 12.2. The topological polar surface area (TPSA) is 32.3 Å². The molecule has 2 unspecified atom stereocenters. The second-order valence-electron chi connectivity index (χ2n) is 4.54. The highest BCUT2D eigenvalue weighted by atomic mass is 35.5. The van der Waals surface area contributed by atoms with E-state index in [1.165, 1.54) is 0 Å². The van der Waals surface area contributed by atoms with Crippen LogP contribution in [0.5, 0.6) is 0 Å². The molecule has 2 rings (SSSR count). The van der Waals surface area contributed by atoms with Crippen LogP contribution in [-0.4, -0.2) is 36.0 Å². The summed E-state index contributed by atoms with van der Waals surface area (Å²) in [6.45, 7) is 5.80. The molecule has 1 heterocycles. The van der Waals surface area contributed by atoms with Crippen molar-refractivity contribution in [2.24, 2.45) is 0 Å². The van der Waals surface area contributed by atoms with Gasteiger partial charge < -0.3 is 10.2 Å². The first-order valence-electron chi connectivity index (χ1n) is 5.77. The van der Waals surface area contributed by atoms with Gasteiger partial charge in [-0.3, -0.25) is 4.79 Å². The molecule has 17 heavy (non-hydrogen) atoms. The fourth-order valence-corrected chi connectivity index (χ4v) is 2.26. The zero-order chi connectivity index (χ0) is 11.5. The van der Waals surface area contributed by atoms with Gasteiger partial charge in [0.2, 0.25) is 0 Å². The third-order valence-electron chi connectivity index (χ3n) is 2.87. The Kier molecular flexibility index (Phi) is 4.97. The molecule has 0 aromatic heterocycles. The predicted molar refractivity (Wildman–Crippen MR) is 71.7 cm³/mol. The highest BCUT2D eigenvalue weighted by molar-refractivity contribution is 5.94. The molecule has 94 valence electrons. The van der Waals surface area contributed by atoms with Crippen LogP contribution in [0.25, 0.3) is 0 Å². The van der Waals surface area contributed by atoms with Gasteiger partial charge in [-0.2, -0.15) is 0 Å². The number of amides is 1. The minimum atomic E-state index is 0. The molecule has 1 fully saturated rings. The van der Waals surface area contributed by atoms with Crippen LogP contribution in [0.1, 0.15) is 24.2 Å². The second-order valence-corrected chi connectivity index (χ2v) is 4.54. The Morgan fingerprint density at radius 1 is 1.18 bits per heavy atom. The molecule has 1 saturated heterocycles. The molecule has 0 spiro atoms. The lowest BCUT2D eigenvalue weighted by molar-refractivity contribution is 0.0674. The number of hydrogen-bond acceptors (Lipinski definition) is 2. The number of carbonyl (C=O) groups is 1. The molecule has 1 aliphatic rings. The van der Waals surface area contributed by atoms with Gasteiger partial charge in [-0.25, -0.2) is 0 Å². The van der Waals surface area contributed by atoms with Gasteiger partial charge in [0, 0.05) is 30.7 Å². The van der Waals surface area contributed by atoms with Crippen LogP contribution in [0, 0.1) is 0 Å². The standard InChI is InChI=1S/C13H18N2O.ClH/c1-10-8-15(9-11(2)14-10)13(16)12-6-4-3-5-7-12;/h3-7,10-11,14H,8-9H2,1-2H3;1H. The maximum Gasteiger partial charge on any atom is 0.253 e. The number of nitrogens with zero attached hydrogens (tertiary/aromatic N) is 1. The fourth-order valence-electron chi connectivity index (χ4n) is 2.26. The normalized spacial score (nSPS) is 24.0. The van der Waals surface area contributed by atoms with Crippen molar-refractivity contribution in [2.45, 2.75) is 25.9 Å². The Morgan fingerprint density at radius 3 is 2.24 bits per heavy atom. The summed E-state index contributed by atoms with van der Waals surface area (Å²) < 4.78 is 0. The first-order valence-corrected chi connectivity index (χ1v) is 5.77. The summed E-state index contributed by atoms with van der Waals surface area (Å²) in [5, 5.41) is 3.42. The molecule has 0 radical (unpaired) electrons. The first kappa shape index (κ1) is 14.0. The Hall–Kier alpha value is -1.06. The summed E-state index contributed by atoms with van der Waals surface area (Å²) in [6.07, 6.45) is 0. The number of nitrogens with one attached hydrogen (secondary N) is 1. The predicted octanol–water partition coefficient (Wildman–Crippen LogP) is 1.93. The summed E-state index contributed by atoms with van der Waals surface area (Å²) >= 11 is 0. The smallest absolute Gasteiger partial charge is 0.253 e. The van der Waals surface area contributed by atoms with Crippen molar-refractivity contribution in [3.63, 3.8) is 0 Å². The minimum Gasteiger partial charge on any atom is -0.336 e. The maximum atomic E-state index is 12.2. The van der Waals surface area contributed by atoms with Crippen LogP contribution in [0.4, 0.5) is 0 Å². The number of rotatable bonds is 1. The molecular weight excluding hydrogens is 236 g/mol. The van der Waals surface area contributed by atoms with Crippen molar-refractivity contribution in [1.29, 1.82) is 0 Å². The van der Waals surface area contributed by atoms with E-state index < -0.39 is 0 Å². The van der Waals surface area contributed by atoms with E-state index in [-0.39, 0.29) is 18.3 Å². The molecule has 1 aromatic rings. The molecule has 0 aliphatic carbocycles. The zero-order valence-corrected chi connectivity index (χ0v) is 11.0. The SMILES string of the molecule is CC1CN(C(=O)c2ccccc2)CC(C)N1.Cl. The van der Waals surface area contributed by atoms with Crippen LogP contribution >= 0.6 is 12.4 Å². The molecule has 1 aliphatic heterocycles. The molecule has 2 atom stereocenters. The van der Waals surface area contributed by atoms with Crippen LogP contribution in [0.15, 0.2) is 30.3 Å². The number of halogens is 1. The van der Waals surface area contributed by atoms with Crippen molar-refractivity contribution < 1.29 is 4.79 Å². The second kappa shape index (κ2) is 6.03. The fraction of sp³-hybridized carbons (Fsp3) is 0.462. The Morgan fingerprint density at radius 2 is 1.71 bits per heavy atom. The van der Waals surface area contributed by atoms with Crippen molar-refractivity contribution in [2.75, 3.05) is 13.1 Å². The summed E-state index contributed by atoms with van der Waals surface area (Å²) in [5.74, 6) is 0.140. The molecular formula is C13H19ClN2O. The van der Waals surface area contributed by atoms with E-state index in [1.807, 2.05) is 35.2 Å². The highest BCUT2D eigenvalue weighted by Gasteiger charge is 2.25. The summed E-state index contributed by atoms with van der Waals surface area (Å²) in [6, 6.07) is 10.2. The molecule has 0 bridgehead atoms. The zero-order valence-electron chi connectivity index (χ0n) is 10.2. The van der Waals surface area contributed by atoms with Gasteiger partial charge in [-0.05, 0) is 26.0 Å². The van der Waals surface area contributed by atoms with Gasteiger partial charge in [0.25, 0.3) is 5.91 Å². The number of hydrogen-bond donors (Lipinski definition) is 1. The van der Waals surface area contributed by atoms with Gasteiger partial charge >= 0.3 is 0 Å². The van der Waals surface area contributed by atoms with Crippen molar-refractivity contribution in [3.8, 4) is 0 Å². The molecule has 4 heteroatoms. The molecule has 0 saturated carbocycles. The highest BCUT2D eigenvalue weighted by Crippen LogP contribution is 2.09. The van der Waals surface area contributed by atoms with Crippen molar-refractivity contribution >= 4 is 18.3 Å². The van der Waals surface area contributed by atoms with Crippen molar-refractivity contribution in [3.05, 3.63) is 35.9 Å². The summed E-state index contributed by atoms with van der Waals surface area (Å²) in [7, 11) is 0. The number of benzene rings is 1. The van der Waals surface area contributed by atoms with Gasteiger partial charge in [0.05, 0.1) is 0 Å². The first-order chi connectivity index (χ1) is 7.66. The van der Waals surface area contributed by atoms with Gasteiger partial charge in [-0.1, -0.05) is 18.2 Å². The van der Waals surface area contributed by atoms with Crippen LogP contribution in [-0.2, 0) is 0 Å². The largest absolute Gasteiger partial charge is 0.336 e. The number of carbonyl (C=O) groups excluding carboxylic acids is 1. The minimum absolute atomic E-state index is 0. The van der Waals surface area contributed by atoms with E-state index in [9.17, 15) is 4.79 Å². The van der Waals surface area contributed by atoms with Gasteiger partial charge in [0.15, 0.2) is 0 Å². The van der Waals surface area contributed by atoms with Crippen LogP contribution in [0.3, 0.4) is 0 Å². The van der Waals surface area contributed by atoms with Crippen molar-refractivity contribution in [1.82, 2.24) is 10.2 Å². The Labute approximate surface area is 109 Å². The lowest BCUT2D eigenvalue weighted by Gasteiger charge is -2.36. The quantitative estimate of drug-likeness (QED) is 0.831. The van der Waals surface area contributed by atoms with E-state index in [0.29, 0.717) is 12.1 Å². The summed E-state index contributed by atoms with van der Waals surface area (Å²) in [5.41, 5.74) is 0.781. The Balaban J connectivity index is 0.00000144. The van der Waals surface area contributed by atoms with Gasteiger partial charge in [-0.15, -0.1) is 12.4 Å². The van der Waals surface area contributed by atoms with E-state index in [0.717, 1.165) is 18.7 Å². The van der Waals surface area contributed by atoms with Gasteiger partial charge in [0.1, 0.15) is 0 Å². The van der Waals surface area contributed by atoms with E-state index in [4.69, 9.17) is 0 Å². The molecule has 1 amide bonds. The summed E-state index contributed by atoms with van der Waals surface area (Å²) in [4.78, 5) is 14.1. The average molecular weight is 255 g/mol. The van der Waals surface area contributed by atoms with Crippen LogP contribution < -0.4 is 5.32 Å². The lowest BCUT2D eigenvalue weighted by Crippen LogP contribution is -2.55. The lowest BCUT2D eigenvalue weighted by atomic mass is 10.1. The molecule has 1 aromatic carbocycles. The third kappa shape index (κ3) is 3.45. The van der Waals surface area contributed by atoms with E-state index in [1.54, 1.807) is 0 Å². The monoisotopic (exact) mass is 254 g/mol. The Bertz CT molecular complexity index is 359. The molecule has 1 N–H and O–H groups in total. The van der Waals surface area contributed by atoms with E-state index >= 15 is 0 Å².